The van der Waals surface area contributed by atoms with E-state index < -0.39 is 0 Å². The number of fused-ring (bicyclic) bond motifs is 1. The van der Waals surface area contributed by atoms with Crippen molar-refractivity contribution < 1.29 is 4.79 Å². The molecular weight excluding hydrogens is 474 g/mol. The average molecular weight is 504 g/mol. The van der Waals surface area contributed by atoms with E-state index in [4.69, 9.17) is 4.98 Å². The van der Waals surface area contributed by atoms with Gasteiger partial charge < -0.3 is 10.2 Å². The summed E-state index contributed by atoms with van der Waals surface area (Å²) in [5.41, 5.74) is 6.21. The second-order valence-electron chi connectivity index (χ2n) is 9.54. The maximum Gasteiger partial charge on any atom is 0.253 e. The number of carbonyl (C=O) groups excluding carboxylic acids is 1. The number of piperazine rings is 1. The second-order valence-corrected chi connectivity index (χ2v) is 9.54. The number of anilines is 2. The van der Waals surface area contributed by atoms with Crippen LogP contribution in [0, 0.1) is 6.92 Å². The molecule has 4 heterocycles. The molecule has 190 valence electrons. The monoisotopic (exact) mass is 503 g/mol. The SMILES string of the molecule is Cc1cc2nc(-c3ccccc3)cc(Nc3ccc(C(=O)N4CCN(Cc5ccccn5)CC4)cc3)n2n1. The Hall–Kier alpha value is -4.56. The molecule has 8 heteroatoms. The lowest BCUT2D eigenvalue weighted by Crippen LogP contribution is -2.48. The first-order chi connectivity index (χ1) is 18.6. The van der Waals surface area contributed by atoms with Gasteiger partial charge in [0, 0.05) is 67.9 Å². The number of hydrogen-bond donors (Lipinski definition) is 1. The van der Waals surface area contributed by atoms with Crippen molar-refractivity contribution >= 4 is 23.1 Å². The molecule has 6 rings (SSSR count). The standard InChI is InChI=1S/C30H29N7O/c1-22-19-28-33-27(23-7-3-2-4-8-23)20-29(37(28)34-22)32-25-12-10-24(11-13-25)30(38)36-17-15-35(16-18-36)21-26-9-5-6-14-31-26/h2-14,19-20,32H,15-18,21H2,1H3. The fraction of sp³-hybridized carbons (Fsp3) is 0.200. The highest BCUT2D eigenvalue weighted by Crippen LogP contribution is 2.25. The Morgan fingerprint density at radius 3 is 2.39 bits per heavy atom. The fourth-order valence-electron chi connectivity index (χ4n) is 4.79. The molecule has 2 aromatic carbocycles. The largest absolute Gasteiger partial charge is 0.340 e. The number of amides is 1. The van der Waals surface area contributed by atoms with Crippen LogP contribution in [-0.2, 0) is 6.54 Å². The maximum atomic E-state index is 13.2. The molecule has 0 bridgehead atoms. The molecule has 0 aliphatic carbocycles. The molecule has 1 amide bonds. The van der Waals surface area contributed by atoms with Gasteiger partial charge in [-0.15, -0.1) is 0 Å². The van der Waals surface area contributed by atoms with Gasteiger partial charge in [0.25, 0.3) is 5.91 Å². The Bertz CT molecular complexity index is 1540. The first-order valence-corrected chi connectivity index (χ1v) is 12.8. The van der Waals surface area contributed by atoms with Crippen molar-refractivity contribution in [3.8, 4) is 11.3 Å². The van der Waals surface area contributed by atoms with E-state index in [0.717, 1.165) is 59.4 Å². The molecule has 0 spiro atoms. The third-order valence-corrected chi connectivity index (χ3v) is 6.79. The number of benzene rings is 2. The Morgan fingerprint density at radius 1 is 0.895 bits per heavy atom. The minimum atomic E-state index is 0.0643. The van der Waals surface area contributed by atoms with Crippen molar-refractivity contribution in [2.45, 2.75) is 13.5 Å². The van der Waals surface area contributed by atoms with Gasteiger partial charge in [0.2, 0.25) is 0 Å². The lowest BCUT2D eigenvalue weighted by atomic mass is 10.1. The van der Waals surface area contributed by atoms with Crippen molar-refractivity contribution in [2.75, 3.05) is 31.5 Å². The van der Waals surface area contributed by atoms with Crippen LogP contribution in [0.3, 0.4) is 0 Å². The van der Waals surface area contributed by atoms with Gasteiger partial charge in [0.05, 0.1) is 17.1 Å². The van der Waals surface area contributed by atoms with Crippen LogP contribution in [0.4, 0.5) is 11.5 Å². The van der Waals surface area contributed by atoms with E-state index in [2.05, 4.69) is 20.3 Å². The van der Waals surface area contributed by atoms with E-state index in [1.807, 2.05) is 107 Å². The molecule has 38 heavy (non-hydrogen) atoms. The number of rotatable bonds is 6. The zero-order valence-electron chi connectivity index (χ0n) is 21.3. The molecule has 1 fully saturated rings. The van der Waals surface area contributed by atoms with E-state index in [0.29, 0.717) is 18.7 Å². The lowest BCUT2D eigenvalue weighted by molar-refractivity contribution is 0.0627. The molecule has 3 aromatic heterocycles. The summed E-state index contributed by atoms with van der Waals surface area (Å²) >= 11 is 0. The number of nitrogens with zero attached hydrogens (tertiary/aromatic N) is 6. The molecule has 1 saturated heterocycles. The predicted octanol–water partition coefficient (Wildman–Crippen LogP) is 4.80. The smallest absolute Gasteiger partial charge is 0.253 e. The van der Waals surface area contributed by atoms with Crippen molar-refractivity contribution in [1.29, 1.82) is 0 Å². The van der Waals surface area contributed by atoms with E-state index in [1.54, 1.807) is 0 Å². The molecule has 1 aliphatic heterocycles. The third kappa shape index (κ3) is 5.12. The number of pyridine rings is 1. The molecule has 8 nitrogen and oxygen atoms in total. The van der Waals surface area contributed by atoms with Gasteiger partial charge >= 0.3 is 0 Å². The van der Waals surface area contributed by atoms with Gasteiger partial charge in [-0.05, 0) is 43.3 Å². The summed E-state index contributed by atoms with van der Waals surface area (Å²) < 4.78 is 1.81. The molecular formula is C30H29N7O. The van der Waals surface area contributed by atoms with E-state index in [1.165, 1.54) is 0 Å². The zero-order valence-corrected chi connectivity index (χ0v) is 21.3. The van der Waals surface area contributed by atoms with E-state index in [9.17, 15) is 4.79 Å². The van der Waals surface area contributed by atoms with Crippen LogP contribution in [0.2, 0.25) is 0 Å². The number of nitrogens with one attached hydrogen (secondary N) is 1. The minimum absolute atomic E-state index is 0.0643. The highest BCUT2D eigenvalue weighted by atomic mass is 16.2. The normalized spacial score (nSPS) is 14.1. The number of carbonyl (C=O) groups is 1. The first kappa shape index (κ1) is 23.8. The van der Waals surface area contributed by atoms with Gasteiger partial charge in [-0.2, -0.15) is 9.61 Å². The van der Waals surface area contributed by atoms with Gasteiger partial charge in [-0.3, -0.25) is 14.7 Å². The highest BCUT2D eigenvalue weighted by molar-refractivity contribution is 5.94. The number of hydrogen-bond acceptors (Lipinski definition) is 6. The predicted molar refractivity (Wildman–Crippen MR) is 148 cm³/mol. The van der Waals surface area contributed by atoms with Crippen LogP contribution in [-0.4, -0.2) is 61.5 Å². The number of aryl methyl sites for hydroxylation is 1. The van der Waals surface area contributed by atoms with Gasteiger partial charge in [0.15, 0.2) is 5.65 Å². The Kier molecular flexibility index (Phi) is 6.54. The molecule has 0 saturated carbocycles. The van der Waals surface area contributed by atoms with Crippen LogP contribution < -0.4 is 5.32 Å². The fourth-order valence-corrected chi connectivity index (χ4v) is 4.79. The Balaban J connectivity index is 1.14. The van der Waals surface area contributed by atoms with Crippen molar-refractivity contribution in [3.05, 3.63) is 108 Å². The van der Waals surface area contributed by atoms with Gasteiger partial charge in [-0.25, -0.2) is 4.98 Å². The first-order valence-electron chi connectivity index (χ1n) is 12.8. The van der Waals surface area contributed by atoms with E-state index in [-0.39, 0.29) is 5.91 Å². The van der Waals surface area contributed by atoms with Crippen molar-refractivity contribution in [1.82, 2.24) is 29.4 Å². The summed E-state index contributed by atoms with van der Waals surface area (Å²) in [7, 11) is 0. The summed E-state index contributed by atoms with van der Waals surface area (Å²) in [6.45, 7) is 5.87. The van der Waals surface area contributed by atoms with Crippen LogP contribution in [0.25, 0.3) is 16.9 Å². The topological polar surface area (TPSA) is 78.7 Å². The van der Waals surface area contributed by atoms with Gasteiger partial charge in [0.1, 0.15) is 5.82 Å². The van der Waals surface area contributed by atoms with E-state index >= 15 is 0 Å². The summed E-state index contributed by atoms with van der Waals surface area (Å²) in [6.07, 6.45) is 1.82. The molecule has 1 aliphatic rings. The molecule has 1 N–H and O–H groups in total. The second kappa shape index (κ2) is 10.4. The van der Waals surface area contributed by atoms with Crippen LogP contribution >= 0.6 is 0 Å². The molecule has 5 aromatic rings. The Morgan fingerprint density at radius 2 is 1.66 bits per heavy atom. The van der Waals surface area contributed by atoms with Crippen molar-refractivity contribution in [3.63, 3.8) is 0 Å². The minimum Gasteiger partial charge on any atom is -0.340 e. The highest BCUT2D eigenvalue weighted by Gasteiger charge is 2.22. The van der Waals surface area contributed by atoms with Crippen LogP contribution in [0.1, 0.15) is 21.7 Å². The maximum absolute atomic E-state index is 13.2. The lowest BCUT2D eigenvalue weighted by Gasteiger charge is -2.34. The van der Waals surface area contributed by atoms with Crippen molar-refractivity contribution in [2.24, 2.45) is 0 Å². The number of aromatic nitrogens is 4. The molecule has 0 radical (unpaired) electrons. The summed E-state index contributed by atoms with van der Waals surface area (Å²) in [6, 6.07) is 27.7. The van der Waals surface area contributed by atoms with Gasteiger partial charge in [-0.1, -0.05) is 36.4 Å². The third-order valence-electron chi connectivity index (χ3n) is 6.79. The quantitative estimate of drug-likeness (QED) is 0.359. The van der Waals surface area contributed by atoms with Crippen LogP contribution in [0.5, 0.6) is 0 Å². The summed E-state index contributed by atoms with van der Waals surface area (Å²) in [5, 5.41) is 8.07. The summed E-state index contributed by atoms with van der Waals surface area (Å²) in [4.78, 5) is 26.6. The summed E-state index contributed by atoms with van der Waals surface area (Å²) in [5.74, 6) is 0.874. The Labute approximate surface area is 221 Å². The molecule has 0 unspecified atom stereocenters. The zero-order chi connectivity index (χ0) is 25.9. The average Bonchev–Trinajstić information content (AvgIpc) is 3.35. The molecule has 0 atom stereocenters. The van der Waals surface area contributed by atoms with Crippen LogP contribution in [0.15, 0.2) is 91.1 Å².